The van der Waals surface area contributed by atoms with Crippen molar-refractivity contribution in [1.82, 2.24) is 10.3 Å². The van der Waals surface area contributed by atoms with E-state index < -0.39 is 0 Å². The number of aliphatic hydroxyl groups excluding tert-OH is 1. The van der Waals surface area contributed by atoms with Crippen LogP contribution in [-0.2, 0) is 0 Å². The lowest BCUT2D eigenvalue weighted by atomic mass is 10.2. The predicted molar refractivity (Wildman–Crippen MR) is 64.3 cm³/mol. The van der Waals surface area contributed by atoms with Crippen LogP contribution in [0.15, 0.2) is 0 Å². The molecule has 1 aromatic heterocycles. The van der Waals surface area contributed by atoms with Crippen molar-refractivity contribution < 1.29 is 5.11 Å². The molecule has 1 rings (SSSR count). The highest BCUT2D eigenvalue weighted by atomic mass is 32.1. The molecule has 0 aromatic carbocycles. The van der Waals surface area contributed by atoms with Gasteiger partial charge in [-0.1, -0.05) is 0 Å². The van der Waals surface area contributed by atoms with Crippen molar-refractivity contribution in [2.75, 3.05) is 13.2 Å². The van der Waals surface area contributed by atoms with Gasteiger partial charge in [-0.15, -0.1) is 11.3 Å². The highest BCUT2D eigenvalue weighted by Crippen LogP contribution is 2.22. The summed E-state index contributed by atoms with van der Waals surface area (Å²) in [5.74, 6) is 0. The zero-order chi connectivity index (χ0) is 11.3. The molecule has 0 aliphatic carbocycles. The Labute approximate surface area is 95.6 Å². The predicted octanol–water partition coefficient (Wildman–Crippen LogP) is 2.18. The molecule has 15 heavy (non-hydrogen) atoms. The molecule has 0 aliphatic rings. The minimum atomic E-state index is 0.283. The number of thiazole rings is 1. The Morgan fingerprint density at radius 3 is 2.67 bits per heavy atom. The summed E-state index contributed by atoms with van der Waals surface area (Å²) in [4.78, 5) is 5.82. The molecular weight excluding hydrogens is 208 g/mol. The Kier molecular flexibility index (Phi) is 5.22. The lowest BCUT2D eigenvalue weighted by Gasteiger charge is -2.12. The fraction of sp³-hybridized carbons (Fsp3) is 0.727. The minimum Gasteiger partial charge on any atom is -0.396 e. The monoisotopic (exact) mass is 228 g/mol. The maximum atomic E-state index is 8.66. The first-order valence-corrected chi connectivity index (χ1v) is 6.25. The maximum absolute atomic E-state index is 8.66. The van der Waals surface area contributed by atoms with Gasteiger partial charge < -0.3 is 10.4 Å². The van der Waals surface area contributed by atoms with Crippen LogP contribution in [-0.4, -0.2) is 23.2 Å². The van der Waals surface area contributed by atoms with E-state index in [1.54, 1.807) is 11.3 Å². The van der Waals surface area contributed by atoms with Gasteiger partial charge in [-0.2, -0.15) is 0 Å². The second kappa shape index (κ2) is 6.20. The first-order chi connectivity index (χ1) is 7.15. The van der Waals surface area contributed by atoms with Crippen LogP contribution in [0.5, 0.6) is 0 Å². The van der Waals surface area contributed by atoms with Gasteiger partial charge in [0.15, 0.2) is 0 Å². The van der Waals surface area contributed by atoms with Gasteiger partial charge in [0.1, 0.15) is 0 Å². The van der Waals surface area contributed by atoms with E-state index in [4.69, 9.17) is 5.11 Å². The summed E-state index contributed by atoms with van der Waals surface area (Å²) in [5, 5.41) is 13.2. The average molecular weight is 228 g/mol. The van der Waals surface area contributed by atoms with Gasteiger partial charge in [-0.05, 0) is 40.2 Å². The van der Waals surface area contributed by atoms with Crippen LogP contribution in [0.25, 0.3) is 0 Å². The van der Waals surface area contributed by atoms with E-state index in [1.165, 1.54) is 10.6 Å². The molecule has 0 saturated carbocycles. The van der Waals surface area contributed by atoms with Gasteiger partial charge >= 0.3 is 0 Å². The number of aryl methyl sites for hydroxylation is 2. The van der Waals surface area contributed by atoms with Crippen molar-refractivity contribution in [3.05, 3.63) is 15.6 Å². The second-order valence-corrected chi connectivity index (χ2v) is 5.19. The molecule has 1 unspecified atom stereocenters. The Balaban J connectivity index is 2.39. The van der Waals surface area contributed by atoms with E-state index >= 15 is 0 Å². The van der Waals surface area contributed by atoms with Crippen LogP contribution in [0.3, 0.4) is 0 Å². The van der Waals surface area contributed by atoms with Crippen LogP contribution < -0.4 is 5.32 Å². The normalized spacial score (nSPS) is 13.1. The van der Waals surface area contributed by atoms with Crippen LogP contribution in [0.1, 0.15) is 41.4 Å². The number of unbranched alkanes of at least 4 members (excludes halogenated alkanes) is 1. The van der Waals surface area contributed by atoms with Crippen molar-refractivity contribution in [3.63, 3.8) is 0 Å². The molecule has 86 valence electrons. The number of aromatic nitrogens is 1. The Morgan fingerprint density at radius 2 is 2.13 bits per heavy atom. The van der Waals surface area contributed by atoms with Crippen LogP contribution in [0.4, 0.5) is 0 Å². The summed E-state index contributed by atoms with van der Waals surface area (Å²) in [6.45, 7) is 7.52. The molecule has 1 atom stereocenters. The zero-order valence-electron chi connectivity index (χ0n) is 9.71. The number of nitrogens with one attached hydrogen (secondary N) is 1. The van der Waals surface area contributed by atoms with Gasteiger partial charge in [-0.25, -0.2) is 4.98 Å². The Morgan fingerprint density at radius 1 is 1.40 bits per heavy atom. The highest BCUT2D eigenvalue weighted by Gasteiger charge is 2.11. The zero-order valence-corrected chi connectivity index (χ0v) is 10.5. The van der Waals surface area contributed by atoms with Crippen LogP contribution >= 0.6 is 11.3 Å². The third kappa shape index (κ3) is 3.89. The molecule has 0 saturated heterocycles. The van der Waals surface area contributed by atoms with Crippen molar-refractivity contribution >= 4 is 11.3 Å². The molecule has 0 amide bonds. The van der Waals surface area contributed by atoms with E-state index in [0.717, 1.165) is 24.4 Å². The highest BCUT2D eigenvalue weighted by molar-refractivity contribution is 7.11. The average Bonchev–Trinajstić information content (AvgIpc) is 2.52. The van der Waals surface area contributed by atoms with E-state index in [2.05, 4.69) is 24.1 Å². The molecular formula is C11H20N2OS. The third-order valence-electron chi connectivity index (χ3n) is 2.38. The summed E-state index contributed by atoms with van der Waals surface area (Å²) >= 11 is 1.75. The Bertz CT molecular complexity index is 299. The molecule has 0 radical (unpaired) electrons. The quantitative estimate of drug-likeness (QED) is 0.734. The van der Waals surface area contributed by atoms with Gasteiger partial charge in [0.25, 0.3) is 0 Å². The molecule has 4 heteroatoms. The number of rotatable bonds is 6. The van der Waals surface area contributed by atoms with Gasteiger partial charge in [0, 0.05) is 17.5 Å². The summed E-state index contributed by atoms with van der Waals surface area (Å²) in [5.41, 5.74) is 1.17. The first-order valence-electron chi connectivity index (χ1n) is 5.43. The minimum absolute atomic E-state index is 0.283. The number of aliphatic hydroxyl groups is 1. The Hall–Kier alpha value is -0.450. The van der Waals surface area contributed by atoms with Crippen LogP contribution in [0.2, 0.25) is 0 Å². The molecule has 0 aliphatic heterocycles. The lowest BCUT2D eigenvalue weighted by Crippen LogP contribution is -2.21. The van der Waals surface area contributed by atoms with Crippen molar-refractivity contribution in [1.29, 1.82) is 0 Å². The first kappa shape index (κ1) is 12.6. The number of hydrogen-bond donors (Lipinski definition) is 2. The van der Waals surface area contributed by atoms with E-state index in [1.807, 2.05) is 6.92 Å². The van der Waals surface area contributed by atoms with Crippen molar-refractivity contribution in [2.24, 2.45) is 0 Å². The topological polar surface area (TPSA) is 45.2 Å². The van der Waals surface area contributed by atoms with Gasteiger partial charge in [0.2, 0.25) is 0 Å². The third-order valence-corrected chi connectivity index (χ3v) is 3.29. The van der Waals surface area contributed by atoms with Crippen molar-refractivity contribution in [3.8, 4) is 0 Å². The summed E-state index contributed by atoms with van der Waals surface area (Å²) < 4.78 is 0. The number of nitrogens with zero attached hydrogens (tertiary/aromatic N) is 1. The van der Waals surface area contributed by atoms with Crippen LogP contribution in [0, 0.1) is 13.8 Å². The summed E-state index contributed by atoms with van der Waals surface area (Å²) in [6.07, 6.45) is 1.89. The fourth-order valence-electron chi connectivity index (χ4n) is 1.60. The largest absolute Gasteiger partial charge is 0.396 e. The fourth-order valence-corrected chi connectivity index (χ4v) is 2.51. The lowest BCUT2D eigenvalue weighted by molar-refractivity contribution is 0.283. The summed E-state index contributed by atoms with van der Waals surface area (Å²) in [7, 11) is 0. The molecule has 0 spiro atoms. The standard InChI is InChI=1S/C11H20N2OS/c1-8(12-6-4-5-7-14)11-9(2)15-10(3)13-11/h8,12,14H,4-7H2,1-3H3. The summed E-state index contributed by atoms with van der Waals surface area (Å²) in [6, 6.07) is 0.314. The van der Waals surface area contributed by atoms with E-state index in [0.29, 0.717) is 6.04 Å². The van der Waals surface area contributed by atoms with E-state index in [-0.39, 0.29) is 6.61 Å². The molecule has 1 heterocycles. The molecule has 0 fully saturated rings. The number of hydrogen-bond acceptors (Lipinski definition) is 4. The van der Waals surface area contributed by atoms with E-state index in [9.17, 15) is 0 Å². The molecule has 1 aromatic rings. The maximum Gasteiger partial charge on any atom is 0.0900 e. The molecule has 2 N–H and O–H groups in total. The molecule has 0 bridgehead atoms. The molecule has 3 nitrogen and oxygen atoms in total. The second-order valence-electron chi connectivity index (χ2n) is 3.78. The van der Waals surface area contributed by atoms with Gasteiger partial charge in [-0.3, -0.25) is 0 Å². The smallest absolute Gasteiger partial charge is 0.0900 e. The SMILES string of the molecule is Cc1nc(C(C)NCCCCO)c(C)s1. The van der Waals surface area contributed by atoms with Gasteiger partial charge in [0.05, 0.1) is 10.7 Å². The van der Waals surface area contributed by atoms with Crippen molar-refractivity contribution in [2.45, 2.75) is 39.7 Å².